The van der Waals surface area contributed by atoms with Gasteiger partial charge in [-0.3, -0.25) is 0 Å². The van der Waals surface area contributed by atoms with E-state index < -0.39 is 0 Å². The third kappa shape index (κ3) is 4.31. The number of benzene rings is 3. The Morgan fingerprint density at radius 3 is 1.78 bits per heavy atom. The average molecular weight is 359 g/mol. The lowest BCUT2D eigenvalue weighted by atomic mass is 9.90. The number of aryl methyl sites for hydroxylation is 3. The lowest BCUT2D eigenvalue weighted by Gasteiger charge is -2.15. The third-order valence-corrected chi connectivity index (χ3v) is 5.42. The summed E-state index contributed by atoms with van der Waals surface area (Å²) in [5.74, 6) is 0. The average Bonchev–Trinajstić information content (AvgIpc) is 2.73. The van der Waals surface area contributed by atoms with Gasteiger partial charge in [0, 0.05) is 6.61 Å². The van der Waals surface area contributed by atoms with Gasteiger partial charge < -0.3 is 5.11 Å². The van der Waals surface area contributed by atoms with E-state index in [4.69, 9.17) is 0 Å². The van der Waals surface area contributed by atoms with Gasteiger partial charge in [0.25, 0.3) is 0 Å². The molecule has 0 bridgehead atoms. The summed E-state index contributed by atoms with van der Waals surface area (Å²) in [5.41, 5.74) is 10.5. The van der Waals surface area contributed by atoms with Crippen molar-refractivity contribution in [2.75, 3.05) is 6.61 Å². The second-order valence-electron chi connectivity index (χ2n) is 7.09. The van der Waals surface area contributed by atoms with E-state index in [-0.39, 0.29) is 6.61 Å². The quantitative estimate of drug-likeness (QED) is 0.530. The van der Waals surface area contributed by atoms with Crippen LogP contribution in [0.3, 0.4) is 0 Å². The van der Waals surface area contributed by atoms with Gasteiger partial charge in [0.1, 0.15) is 0 Å². The van der Waals surface area contributed by atoms with Gasteiger partial charge in [-0.25, -0.2) is 0 Å². The van der Waals surface area contributed by atoms with E-state index in [2.05, 4.69) is 81.4 Å². The SMILES string of the molecule is CCc1ccc(-c2ccc(-c3ccc(CCO)cc3CC)cc2CC)cc1. The van der Waals surface area contributed by atoms with Crippen molar-refractivity contribution in [2.24, 2.45) is 0 Å². The van der Waals surface area contributed by atoms with Crippen LogP contribution in [-0.2, 0) is 25.7 Å². The summed E-state index contributed by atoms with van der Waals surface area (Å²) >= 11 is 0. The van der Waals surface area contributed by atoms with Crippen LogP contribution in [0.2, 0.25) is 0 Å². The van der Waals surface area contributed by atoms with E-state index in [9.17, 15) is 5.11 Å². The molecule has 0 radical (unpaired) electrons. The number of aliphatic hydroxyl groups is 1. The van der Waals surface area contributed by atoms with Crippen LogP contribution in [0.4, 0.5) is 0 Å². The minimum Gasteiger partial charge on any atom is -0.396 e. The number of aliphatic hydroxyl groups excluding tert-OH is 1. The number of rotatable bonds is 7. The Balaban J connectivity index is 2.01. The zero-order valence-electron chi connectivity index (χ0n) is 16.8. The van der Waals surface area contributed by atoms with Crippen LogP contribution in [0, 0.1) is 0 Å². The van der Waals surface area contributed by atoms with Crippen LogP contribution in [0.1, 0.15) is 43.0 Å². The molecule has 140 valence electrons. The summed E-state index contributed by atoms with van der Waals surface area (Å²) < 4.78 is 0. The minimum atomic E-state index is 0.202. The van der Waals surface area contributed by atoms with Crippen LogP contribution in [0.15, 0.2) is 60.7 Å². The van der Waals surface area contributed by atoms with E-state index in [0.717, 1.165) is 25.7 Å². The Morgan fingerprint density at radius 2 is 1.15 bits per heavy atom. The highest BCUT2D eigenvalue weighted by molar-refractivity contribution is 5.75. The highest BCUT2D eigenvalue weighted by atomic mass is 16.2. The van der Waals surface area contributed by atoms with Crippen molar-refractivity contribution in [3.8, 4) is 22.3 Å². The summed E-state index contributed by atoms with van der Waals surface area (Å²) in [5, 5.41) is 9.21. The molecule has 0 aromatic heterocycles. The Morgan fingerprint density at radius 1 is 0.593 bits per heavy atom. The lowest BCUT2D eigenvalue weighted by molar-refractivity contribution is 0.299. The highest BCUT2D eigenvalue weighted by Crippen LogP contribution is 2.32. The van der Waals surface area contributed by atoms with Gasteiger partial charge in [-0.05, 0) is 70.2 Å². The molecule has 1 N–H and O–H groups in total. The van der Waals surface area contributed by atoms with Gasteiger partial charge in [-0.15, -0.1) is 0 Å². The van der Waals surface area contributed by atoms with Crippen LogP contribution in [0.25, 0.3) is 22.3 Å². The van der Waals surface area contributed by atoms with Crippen LogP contribution in [0.5, 0.6) is 0 Å². The molecular weight excluding hydrogens is 328 g/mol. The molecule has 0 atom stereocenters. The van der Waals surface area contributed by atoms with Crippen molar-refractivity contribution in [3.05, 3.63) is 82.9 Å². The fourth-order valence-electron chi connectivity index (χ4n) is 3.76. The molecule has 0 aliphatic rings. The van der Waals surface area contributed by atoms with E-state index in [1.165, 1.54) is 44.5 Å². The molecule has 3 aromatic rings. The van der Waals surface area contributed by atoms with Gasteiger partial charge in [0.05, 0.1) is 0 Å². The van der Waals surface area contributed by atoms with Crippen molar-refractivity contribution in [2.45, 2.75) is 46.5 Å². The number of hydrogen-bond donors (Lipinski definition) is 1. The zero-order valence-corrected chi connectivity index (χ0v) is 16.8. The highest BCUT2D eigenvalue weighted by Gasteiger charge is 2.10. The first kappa shape index (κ1) is 19.4. The molecule has 3 rings (SSSR count). The first-order valence-electron chi connectivity index (χ1n) is 10.1. The van der Waals surface area contributed by atoms with Gasteiger partial charge >= 0.3 is 0 Å². The molecule has 0 saturated carbocycles. The fourth-order valence-corrected chi connectivity index (χ4v) is 3.76. The molecule has 0 saturated heterocycles. The van der Waals surface area contributed by atoms with Gasteiger partial charge in [0.2, 0.25) is 0 Å². The molecule has 0 spiro atoms. The van der Waals surface area contributed by atoms with E-state index in [1.54, 1.807) is 0 Å². The van der Waals surface area contributed by atoms with Gasteiger partial charge in [-0.2, -0.15) is 0 Å². The van der Waals surface area contributed by atoms with Crippen molar-refractivity contribution in [1.29, 1.82) is 0 Å². The molecule has 1 heteroatoms. The summed E-state index contributed by atoms with van der Waals surface area (Å²) in [6, 6.07) is 22.4. The third-order valence-electron chi connectivity index (χ3n) is 5.42. The molecule has 0 amide bonds. The first-order chi connectivity index (χ1) is 13.2. The van der Waals surface area contributed by atoms with Crippen molar-refractivity contribution in [1.82, 2.24) is 0 Å². The maximum Gasteiger partial charge on any atom is 0.0471 e. The van der Waals surface area contributed by atoms with Crippen LogP contribution in [-0.4, -0.2) is 11.7 Å². The van der Waals surface area contributed by atoms with E-state index in [0.29, 0.717) is 0 Å². The Labute approximate surface area is 163 Å². The largest absolute Gasteiger partial charge is 0.396 e. The second kappa shape index (κ2) is 9.01. The molecular formula is C26H30O. The Hall–Kier alpha value is -2.38. The molecule has 0 unspecified atom stereocenters. The lowest BCUT2D eigenvalue weighted by Crippen LogP contribution is -1.96. The fraction of sp³-hybridized carbons (Fsp3) is 0.308. The zero-order chi connectivity index (χ0) is 19.2. The Bertz CT molecular complexity index is 891. The summed E-state index contributed by atoms with van der Waals surface area (Å²) in [7, 11) is 0. The molecule has 27 heavy (non-hydrogen) atoms. The van der Waals surface area contributed by atoms with Crippen molar-refractivity contribution in [3.63, 3.8) is 0 Å². The smallest absolute Gasteiger partial charge is 0.0471 e. The summed E-state index contributed by atoms with van der Waals surface area (Å²) in [6.07, 6.45) is 3.81. The predicted molar refractivity (Wildman–Crippen MR) is 116 cm³/mol. The maximum absolute atomic E-state index is 9.21. The molecule has 0 heterocycles. The normalized spacial score (nSPS) is 11.0. The standard InChI is InChI=1S/C26H30O/c1-4-19-7-10-23(11-8-19)25-14-12-24(18-22(25)6-3)26-13-9-20(15-16-27)17-21(26)5-2/h7-14,17-18,27H,4-6,15-16H2,1-3H3. The first-order valence-corrected chi connectivity index (χ1v) is 10.1. The molecule has 0 aliphatic heterocycles. The van der Waals surface area contributed by atoms with E-state index in [1.807, 2.05) is 0 Å². The summed E-state index contributed by atoms with van der Waals surface area (Å²) in [4.78, 5) is 0. The van der Waals surface area contributed by atoms with Crippen molar-refractivity contribution >= 4 is 0 Å². The van der Waals surface area contributed by atoms with Crippen LogP contribution < -0.4 is 0 Å². The molecule has 0 aliphatic carbocycles. The summed E-state index contributed by atoms with van der Waals surface area (Å²) in [6.45, 7) is 6.83. The van der Waals surface area contributed by atoms with Crippen LogP contribution >= 0.6 is 0 Å². The minimum absolute atomic E-state index is 0.202. The maximum atomic E-state index is 9.21. The van der Waals surface area contributed by atoms with Gasteiger partial charge in [0.15, 0.2) is 0 Å². The number of hydrogen-bond acceptors (Lipinski definition) is 1. The van der Waals surface area contributed by atoms with Gasteiger partial charge in [-0.1, -0.05) is 81.4 Å². The molecule has 0 fully saturated rings. The molecule has 1 nitrogen and oxygen atoms in total. The molecule has 3 aromatic carbocycles. The van der Waals surface area contributed by atoms with E-state index >= 15 is 0 Å². The monoisotopic (exact) mass is 358 g/mol. The second-order valence-corrected chi connectivity index (χ2v) is 7.09. The van der Waals surface area contributed by atoms with Crippen molar-refractivity contribution < 1.29 is 5.11 Å². The topological polar surface area (TPSA) is 20.2 Å². The Kier molecular flexibility index (Phi) is 6.47. The predicted octanol–water partition coefficient (Wildman–Crippen LogP) is 6.24.